The number of hydrogen-bond donors (Lipinski definition) is 1. The zero-order valence-electron chi connectivity index (χ0n) is 14.7. The highest BCUT2D eigenvalue weighted by atomic mass is 16.6. The molecule has 3 rings (SSSR count). The molecule has 0 saturated carbocycles. The molecular formula is C19H18N4O4. The Kier molecular flexibility index (Phi) is 5.46. The number of para-hydroxylation sites is 1. The lowest BCUT2D eigenvalue weighted by Gasteiger charge is -2.09. The molecule has 0 atom stereocenters. The van der Waals surface area contributed by atoms with Crippen LogP contribution in [0.5, 0.6) is 5.75 Å². The van der Waals surface area contributed by atoms with Crippen molar-refractivity contribution >= 4 is 17.3 Å². The molecule has 8 heteroatoms. The summed E-state index contributed by atoms with van der Waals surface area (Å²) in [5, 5.41) is 17.9. The molecule has 0 radical (unpaired) electrons. The number of aryl methyl sites for hydroxylation is 1. The number of amides is 1. The highest BCUT2D eigenvalue weighted by molar-refractivity contribution is 5.92. The van der Waals surface area contributed by atoms with Gasteiger partial charge in [0, 0.05) is 24.8 Å². The van der Waals surface area contributed by atoms with Gasteiger partial charge >= 0.3 is 0 Å². The Morgan fingerprint density at radius 2 is 2.04 bits per heavy atom. The number of anilines is 1. The van der Waals surface area contributed by atoms with E-state index >= 15 is 0 Å². The van der Waals surface area contributed by atoms with Crippen molar-refractivity contribution in [2.45, 2.75) is 12.8 Å². The van der Waals surface area contributed by atoms with E-state index in [4.69, 9.17) is 4.74 Å². The van der Waals surface area contributed by atoms with Crippen molar-refractivity contribution in [2.75, 3.05) is 12.4 Å². The topological polar surface area (TPSA) is 99.3 Å². The second kappa shape index (κ2) is 8.13. The van der Waals surface area contributed by atoms with E-state index in [-0.39, 0.29) is 23.7 Å². The van der Waals surface area contributed by atoms with Gasteiger partial charge in [-0.2, -0.15) is 5.10 Å². The van der Waals surface area contributed by atoms with Gasteiger partial charge in [0.25, 0.3) is 5.69 Å². The van der Waals surface area contributed by atoms with Crippen LogP contribution in [-0.4, -0.2) is 27.7 Å². The van der Waals surface area contributed by atoms with Crippen LogP contribution in [0.3, 0.4) is 0 Å². The summed E-state index contributed by atoms with van der Waals surface area (Å²) in [5.74, 6) is 0.104. The molecule has 0 unspecified atom stereocenters. The summed E-state index contributed by atoms with van der Waals surface area (Å²) < 4.78 is 6.89. The van der Waals surface area contributed by atoms with Crippen LogP contribution in [0.4, 0.5) is 11.4 Å². The van der Waals surface area contributed by atoms with Crippen molar-refractivity contribution < 1.29 is 14.5 Å². The molecule has 0 fully saturated rings. The molecule has 1 N–H and O–H groups in total. The highest BCUT2D eigenvalue weighted by Gasteiger charge is 2.14. The molecule has 0 aliphatic heterocycles. The Morgan fingerprint density at radius 3 is 2.74 bits per heavy atom. The minimum Gasteiger partial charge on any atom is -0.495 e. The monoisotopic (exact) mass is 366 g/mol. The van der Waals surface area contributed by atoms with Gasteiger partial charge in [-0.1, -0.05) is 18.2 Å². The molecule has 0 bridgehead atoms. The predicted octanol–water partition coefficient (Wildman–Crippen LogP) is 3.36. The first-order chi connectivity index (χ1) is 13.1. The number of aromatic nitrogens is 2. The Hall–Kier alpha value is -3.68. The number of nitrogens with one attached hydrogen (secondary N) is 1. The highest BCUT2D eigenvalue weighted by Crippen LogP contribution is 2.29. The summed E-state index contributed by atoms with van der Waals surface area (Å²) in [5.41, 5.74) is 2.02. The molecule has 0 spiro atoms. The number of nitro benzene ring substituents is 1. The third kappa shape index (κ3) is 4.49. The Balaban J connectivity index is 1.63. The van der Waals surface area contributed by atoms with Crippen molar-refractivity contribution in [1.29, 1.82) is 0 Å². The normalized spacial score (nSPS) is 10.4. The maximum absolute atomic E-state index is 12.2. The van der Waals surface area contributed by atoms with Crippen molar-refractivity contribution in [1.82, 2.24) is 9.78 Å². The summed E-state index contributed by atoms with van der Waals surface area (Å²) in [6, 6.07) is 13.7. The summed E-state index contributed by atoms with van der Waals surface area (Å²) in [6.45, 7) is 0. The van der Waals surface area contributed by atoms with E-state index in [1.165, 1.54) is 25.3 Å². The molecule has 2 aromatic carbocycles. The molecule has 27 heavy (non-hydrogen) atoms. The summed E-state index contributed by atoms with van der Waals surface area (Å²) in [4.78, 5) is 22.6. The van der Waals surface area contributed by atoms with Crippen molar-refractivity contribution in [2.24, 2.45) is 0 Å². The van der Waals surface area contributed by atoms with Crippen LogP contribution in [0.25, 0.3) is 5.69 Å². The van der Waals surface area contributed by atoms with Crippen molar-refractivity contribution in [3.63, 3.8) is 0 Å². The first-order valence-corrected chi connectivity index (χ1v) is 8.28. The second-order valence-electron chi connectivity index (χ2n) is 5.82. The van der Waals surface area contributed by atoms with E-state index in [0.717, 1.165) is 11.3 Å². The van der Waals surface area contributed by atoms with Gasteiger partial charge < -0.3 is 10.1 Å². The fourth-order valence-electron chi connectivity index (χ4n) is 2.59. The zero-order valence-corrected chi connectivity index (χ0v) is 14.7. The molecule has 3 aromatic rings. The first-order valence-electron chi connectivity index (χ1n) is 8.28. The van der Waals surface area contributed by atoms with Crippen molar-refractivity contribution in [3.05, 3.63) is 76.6 Å². The Labute approximate surface area is 155 Å². The van der Waals surface area contributed by atoms with E-state index in [1.54, 1.807) is 10.9 Å². The van der Waals surface area contributed by atoms with E-state index < -0.39 is 4.92 Å². The summed E-state index contributed by atoms with van der Waals surface area (Å²) >= 11 is 0. The average Bonchev–Trinajstić information content (AvgIpc) is 3.16. The van der Waals surface area contributed by atoms with Gasteiger partial charge in [-0.3, -0.25) is 14.9 Å². The number of rotatable bonds is 7. The van der Waals surface area contributed by atoms with Gasteiger partial charge in [0.15, 0.2) is 0 Å². The zero-order chi connectivity index (χ0) is 19.2. The average molecular weight is 366 g/mol. The molecule has 138 valence electrons. The first kappa shape index (κ1) is 18.1. The second-order valence-corrected chi connectivity index (χ2v) is 5.82. The maximum Gasteiger partial charge on any atom is 0.271 e. The van der Waals surface area contributed by atoms with Crippen LogP contribution in [-0.2, 0) is 11.2 Å². The number of carbonyl (C=O) groups is 1. The molecule has 1 aromatic heterocycles. The molecule has 1 amide bonds. The summed E-state index contributed by atoms with van der Waals surface area (Å²) in [6.07, 6.45) is 4.30. The number of methoxy groups -OCH3 is 1. The molecule has 1 heterocycles. The lowest BCUT2D eigenvalue weighted by Crippen LogP contribution is -2.13. The number of hydrogen-bond acceptors (Lipinski definition) is 5. The van der Waals surface area contributed by atoms with Crippen LogP contribution >= 0.6 is 0 Å². The SMILES string of the molecule is COc1ccc([N+](=O)[O-])cc1NC(=O)CCc1cnn(-c2ccccc2)c1. The van der Waals surface area contributed by atoms with Crippen molar-refractivity contribution in [3.8, 4) is 11.4 Å². The minimum absolute atomic E-state index is 0.116. The van der Waals surface area contributed by atoms with Gasteiger partial charge in [-0.15, -0.1) is 0 Å². The van der Waals surface area contributed by atoms with Gasteiger partial charge in [0.1, 0.15) is 5.75 Å². The predicted molar refractivity (Wildman–Crippen MR) is 100 cm³/mol. The fraction of sp³-hybridized carbons (Fsp3) is 0.158. The Morgan fingerprint density at radius 1 is 1.26 bits per heavy atom. The third-order valence-corrected chi connectivity index (χ3v) is 3.97. The lowest BCUT2D eigenvalue weighted by atomic mass is 10.2. The van der Waals surface area contributed by atoms with E-state index in [1.807, 2.05) is 36.5 Å². The van der Waals surface area contributed by atoms with Crippen LogP contribution in [0.15, 0.2) is 60.9 Å². The number of nitrogens with zero attached hydrogens (tertiary/aromatic N) is 3. The lowest BCUT2D eigenvalue weighted by molar-refractivity contribution is -0.384. The van der Waals surface area contributed by atoms with Crippen LogP contribution in [0, 0.1) is 10.1 Å². The van der Waals surface area contributed by atoms with E-state index in [2.05, 4.69) is 10.4 Å². The summed E-state index contributed by atoms with van der Waals surface area (Å²) in [7, 11) is 1.44. The number of benzene rings is 2. The standard InChI is InChI=1S/C19H18N4O4/c1-27-18-9-8-16(23(25)26)11-17(18)21-19(24)10-7-14-12-20-22(13-14)15-5-3-2-4-6-15/h2-6,8-9,11-13H,7,10H2,1H3,(H,21,24). The maximum atomic E-state index is 12.2. The minimum atomic E-state index is -0.521. The molecule has 0 saturated heterocycles. The number of ether oxygens (including phenoxy) is 1. The van der Waals surface area contributed by atoms with Crippen LogP contribution in [0.2, 0.25) is 0 Å². The van der Waals surface area contributed by atoms with Gasteiger partial charge in [0.2, 0.25) is 5.91 Å². The third-order valence-electron chi connectivity index (χ3n) is 3.97. The van der Waals surface area contributed by atoms with E-state index in [9.17, 15) is 14.9 Å². The molecule has 8 nitrogen and oxygen atoms in total. The molecule has 0 aliphatic rings. The molecule has 0 aliphatic carbocycles. The van der Waals surface area contributed by atoms with Crippen LogP contribution < -0.4 is 10.1 Å². The number of carbonyl (C=O) groups excluding carboxylic acids is 1. The smallest absolute Gasteiger partial charge is 0.271 e. The van der Waals surface area contributed by atoms with Crippen LogP contribution in [0.1, 0.15) is 12.0 Å². The Bertz CT molecular complexity index is 953. The van der Waals surface area contributed by atoms with E-state index in [0.29, 0.717) is 12.2 Å². The number of non-ortho nitro benzene ring substituents is 1. The fourth-order valence-corrected chi connectivity index (χ4v) is 2.59. The quantitative estimate of drug-likeness (QED) is 0.510. The molecular weight excluding hydrogens is 348 g/mol. The number of nitro groups is 1. The van der Waals surface area contributed by atoms with Gasteiger partial charge in [0.05, 0.1) is 29.6 Å². The van der Waals surface area contributed by atoms with Gasteiger partial charge in [-0.05, 0) is 30.2 Å². The largest absolute Gasteiger partial charge is 0.495 e. The van der Waals surface area contributed by atoms with Gasteiger partial charge in [-0.25, -0.2) is 4.68 Å².